The van der Waals surface area contributed by atoms with E-state index in [2.05, 4.69) is 20.8 Å². The Bertz CT molecular complexity index is 225. The van der Waals surface area contributed by atoms with Gasteiger partial charge in [-0.2, -0.15) is 0 Å². The summed E-state index contributed by atoms with van der Waals surface area (Å²) in [5.41, 5.74) is 5.64. The smallest absolute Gasteiger partial charge is 0.232 e. The zero-order chi connectivity index (χ0) is 11.5. The summed E-state index contributed by atoms with van der Waals surface area (Å²) in [5, 5.41) is 0. The standard InChI is InChI=1S/C11H22N2OS/c1-11(2,3)15-8-10(14)13-6-4-5-9(13)7-12/h9H,4-8,12H2,1-3H3. The number of likely N-dealkylation sites (tertiary alicyclic amines) is 1. The number of hydrogen-bond acceptors (Lipinski definition) is 3. The molecule has 1 heterocycles. The molecule has 88 valence electrons. The first-order valence-electron chi connectivity index (χ1n) is 5.57. The molecule has 3 nitrogen and oxygen atoms in total. The molecule has 0 saturated carbocycles. The highest BCUT2D eigenvalue weighted by Crippen LogP contribution is 2.25. The topological polar surface area (TPSA) is 46.3 Å². The summed E-state index contributed by atoms with van der Waals surface area (Å²) >= 11 is 1.71. The van der Waals surface area contributed by atoms with Crippen LogP contribution >= 0.6 is 11.8 Å². The quantitative estimate of drug-likeness (QED) is 0.798. The molecule has 1 fully saturated rings. The third kappa shape index (κ3) is 4.03. The van der Waals surface area contributed by atoms with E-state index in [4.69, 9.17) is 5.73 Å². The van der Waals surface area contributed by atoms with E-state index in [1.807, 2.05) is 4.90 Å². The molecule has 2 N–H and O–H groups in total. The van der Waals surface area contributed by atoms with Gasteiger partial charge < -0.3 is 10.6 Å². The lowest BCUT2D eigenvalue weighted by atomic mass is 10.2. The molecule has 1 atom stereocenters. The molecule has 0 bridgehead atoms. The summed E-state index contributed by atoms with van der Waals surface area (Å²) in [5.74, 6) is 0.836. The van der Waals surface area contributed by atoms with Crippen LogP contribution in [0.4, 0.5) is 0 Å². The molecule has 0 aromatic carbocycles. The van der Waals surface area contributed by atoms with E-state index in [0.29, 0.717) is 12.3 Å². The molecule has 1 unspecified atom stereocenters. The van der Waals surface area contributed by atoms with Crippen LogP contribution < -0.4 is 5.73 Å². The first-order chi connectivity index (χ1) is 6.94. The molecule has 1 amide bonds. The van der Waals surface area contributed by atoms with E-state index < -0.39 is 0 Å². The van der Waals surface area contributed by atoms with E-state index >= 15 is 0 Å². The van der Waals surface area contributed by atoms with Gasteiger partial charge in [-0.25, -0.2) is 0 Å². The van der Waals surface area contributed by atoms with Gasteiger partial charge in [-0.15, -0.1) is 11.8 Å². The van der Waals surface area contributed by atoms with Crippen molar-refractivity contribution in [2.24, 2.45) is 5.73 Å². The van der Waals surface area contributed by atoms with Crippen molar-refractivity contribution in [3.8, 4) is 0 Å². The molecule has 0 aromatic rings. The van der Waals surface area contributed by atoms with Crippen molar-refractivity contribution >= 4 is 17.7 Å². The van der Waals surface area contributed by atoms with Crippen LogP contribution in [-0.4, -0.2) is 40.4 Å². The summed E-state index contributed by atoms with van der Waals surface area (Å²) in [7, 11) is 0. The maximum Gasteiger partial charge on any atom is 0.232 e. The second-order valence-corrected chi connectivity index (χ2v) is 6.82. The van der Waals surface area contributed by atoms with Gasteiger partial charge in [-0.3, -0.25) is 4.79 Å². The molecule has 1 aliphatic rings. The van der Waals surface area contributed by atoms with Crippen molar-refractivity contribution in [2.45, 2.75) is 44.4 Å². The third-order valence-corrected chi connectivity index (χ3v) is 3.86. The number of nitrogens with two attached hydrogens (primary N) is 1. The van der Waals surface area contributed by atoms with Crippen molar-refractivity contribution in [3.63, 3.8) is 0 Å². The number of carbonyl (C=O) groups excluding carboxylic acids is 1. The minimum Gasteiger partial charge on any atom is -0.338 e. The number of thioether (sulfide) groups is 1. The van der Waals surface area contributed by atoms with Crippen LogP contribution in [0.2, 0.25) is 0 Å². The highest BCUT2D eigenvalue weighted by molar-refractivity contribution is 8.01. The van der Waals surface area contributed by atoms with Crippen molar-refractivity contribution < 1.29 is 4.79 Å². The number of carbonyl (C=O) groups is 1. The summed E-state index contributed by atoms with van der Waals surface area (Å²) in [6.45, 7) is 7.90. The number of hydrogen-bond donors (Lipinski definition) is 1. The average Bonchev–Trinajstić information content (AvgIpc) is 2.60. The molecule has 1 saturated heterocycles. The fourth-order valence-electron chi connectivity index (χ4n) is 1.77. The normalized spacial score (nSPS) is 22.1. The SMILES string of the molecule is CC(C)(C)SCC(=O)N1CCCC1CN. The fourth-order valence-corrected chi connectivity index (χ4v) is 2.49. The van der Waals surface area contributed by atoms with Crippen LogP contribution in [0.3, 0.4) is 0 Å². The van der Waals surface area contributed by atoms with Gasteiger partial charge in [0.05, 0.1) is 5.75 Å². The van der Waals surface area contributed by atoms with Gasteiger partial charge in [0.2, 0.25) is 5.91 Å². The highest BCUT2D eigenvalue weighted by atomic mass is 32.2. The largest absolute Gasteiger partial charge is 0.338 e. The molecule has 4 heteroatoms. The lowest BCUT2D eigenvalue weighted by molar-refractivity contribution is -0.129. The van der Waals surface area contributed by atoms with Gasteiger partial charge in [0.1, 0.15) is 0 Å². The predicted octanol–water partition coefficient (Wildman–Crippen LogP) is 1.47. The van der Waals surface area contributed by atoms with Crippen LogP contribution in [0.5, 0.6) is 0 Å². The minimum absolute atomic E-state index is 0.160. The second kappa shape index (κ2) is 5.21. The summed E-state index contributed by atoms with van der Waals surface area (Å²) in [6, 6.07) is 0.290. The van der Waals surface area contributed by atoms with E-state index in [0.717, 1.165) is 19.4 Å². The summed E-state index contributed by atoms with van der Waals surface area (Å²) < 4.78 is 0.160. The maximum absolute atomic E-state index is 11.9. The predicted molar refractivity (Wildman–Crippen MR) is 66.0 cm³/mol. The van der Waals surface area contributed by atoms with Crippen molar-refractivity contribution in [2.75, 3.05) is 18.8 Å². The molecule has 0 aromatic heterocycles. The highest BCUT2D eigenvalue weighted by Gasteiger charge is 2.28. The van der Waals surface area contributed by atoms with Crippen LogP contribution in [0.1, 0.15) is 33.6 Å². The van der Waals surface area contributed by atoms with Gasteiger partial charge in [-0.05, 0) is 12.8 Å². The van der Waals surface area contributed by atoms with Gasteiger partial charge in [0, 0.05) is 23.9 Å². The Hall–Kier alpha value is -0.220. The average molecular weight is 230 g/mol. The van der Waals surface area contributed by atoms with Gasteiger partial charge in [0.15, 0.2) is 0 Å². The van der Waals surface area contributed by atoms with E-state index in [-0.39, 0.29) is 16.7 Å². The van der Waals surface area contributed by atoms with E-state index in [9.17, 15) is 4.79 Å². The lowest BCUT2D eigenvalue weighted by Gasteiger charge is -2.25. The Labute approximate surface area is 96.8 Å². The van der Waals surface area contributed by atoms with Gasteiger partial charge in [0.25, 0.3) is 0 Å². The summed E-state index contributed by atoms with van der Waals surface area (Å²) in [4.78, 5) is 13.9. The Balaban J connectivity index is 2.40. The number of nitrogens with zero attached hydrogens (tertiary/aromatic N) is 1. The van der Waals surface area contributed by atoms with E-state index in [1.165, 1.54) is 0 Å². The van der Waals surface area contributed by atoms with E-state index in [1.54, 1.807) is 11.8 Å². The first-order valence-corrected chi connectivity index (χ1v) is 6.56. The maximum atomic E-state index is 11.9. The van der Waals surface area contributed by atoms with Crippen molar-refractivity contribution in [1.29, 1.82) is 0 Å². The molecule has 1 rings (SSSR count). The first kappa shape index (κ1) is 12.8. The third-order valence-electron chi connectivity index (χ3n) is 2.60. The van der Waals surface area contributed by atoms with Crippen LogP contribution in [0.15, 0.2) is 0 Å². The van der Waals surface area contributed by atoms with Crippen molar-refractivity contribution in [1.82, 2.24) is 4.90 Å². The molecule has 0 spiro atoms. The molecule has 0 radical (unpaired) electrons. The Kier molecular flexibility index (Phi) is 4.46. The second-order valence-electron chi connectivity index (χ2n) is 5.02. The zero-order valence-electron chi connectivity index (χ0n) is 9.95. The lowest BCUT2D eigenvalue weighted by Crippen LogP contribution is -2.41. The minimum atomic E-state index is 0.160. The van der Waals surface area contributed by atoms with Crippen molar-refractivity contribution in [3.05, 3.63) is 0 Å². The Morgan fingerprint density at radius 1 is 1.53 bits per heavy atom. The number of amides is 1. The fraction of sp³-hybridized carbons (Fsp3) is 0.909. The molecule has 0 aliphatic carbocycles. The monoisotopic (exact) mass is 230 g/mol. The summed E-state index contributed by atoms with van der Waals surface area (Å²) in [6.07, 6.45) is 2.18. The van der Waals surface area contributed by atoms with Crippen LogP contribution in [0.25, 0.3) is 0 Å². The Morgan fingerprint density at radius 2 is 2.20 bits per heavy atom. The molecular formula is C11H22N2OS. The number of rotatable bonds is 3. The van der Waals surface area contributed by atoms with Crippen LogP contribution in [-0.2, 0) is 4.79 Å². The zero-order valence-corrected chi connectivity index (χ0v) is 10.8. The van der Waals surface area contributed by atoms with Gasteiger partial charge >= 0.3 is 0 Å². The molecular weight excluding hydrogens is 208 g/mol. The van der Waals surface area contributed by atoms with Crippen LogP contribution in [0, 0.1) is 0 Å². The molecule has 15 heavy (non-hydrogen) atoms. The Morgan fingerprint density at radius 3 is 2.73 bits per heavy atom. The van der Waals surface area contributed by atoms with Gasteiger partial charge in [-0.1, -0.05) is 20.8 Å². The molecule has 1 aliphatic heterocycles.